The van der Waals surface area contributed by atoms with Gasteiger partial charge in [-0.2, -0.15) is 0 Å². The van der Waals surface area contributed by atoms with Gasteiger partial charge in [0, 0.05) is 7.11 Å². The first-order valence-electron chi connectivity index (χ1n) is 7.69. The topological polar surface area (TPSA) is 64.6 Å². The molecule has 0 aromatic heterocycles. The van der Waals surface area contributed by atoms with Gasteiger partial charge >= 0.3 is 5.97 Å². The molecule has 24 heavy (non-hydrogen) atoms. The van der Waals surface area contributed by atoms with Crippen molar-refractivity contribution in [3.05, 3.63) is 71.3 Å². The molecule has 0 aliphatic rings. The van der Waals surface area contributed by atoms with Crippen molar-refractivity contribution in [3.63, 3.8) is 0 Å². The minimum absolute atomic E-state index is 0.151. The van der Waals surface area contributed by atoms with E-state index in [1.54, 1.807) is 25.3 Å². The van der Waals surface area contributed by atoms with Crippen LogP contribution in [0.5, 0.6) is 0 Å². The van der Waals surface area contributed by atoms with Gasteiger partial charge in [-0.15, -0.1) is 0 Å². The van der Waals surface area contributed by atoms with E-state index >= 15 is 0 Å². The maximum atomic E-state index is 12.0. The summed E-state index contributed by atoms with van der Waals surface area (Å²) in [5, 5.41) is 2.80. The Morgan fingerprint density at radius 2 is 1.83 bits per heavy atom. The lowest BCUT2D eigenvalue weighted by Crippen LogP contribution is -2.31. The van der Waals surface area contributed by atoms with Crippen LogP contribution < -0.4 is 5.32 Å². The molecular weight excluding hydrogens is 306 g/mol. The molecule has 0 bridgehead atoms. The molecule has 0 unspecified atom stereocenters. The summed E-state index contributed by atoms with van der Waals surface area (Å²) in [6, 6.07) is 16.4. The molecular formula is C19H21NO4. The van der Waals surface area contributed by atoms with Crippen LogP contribution in [0.1, 0.15) is 34.5 Å². The van der Waals surface area contributed by atoms with Crippen molar-refractivity contribution in [2.24, 2.45) is 0 Å². The first kappa shape index (κ1) is 17.7. The Morgan fingerprint density at radius 1 is 1.08 bits per heavy atom. The van der Waals surface area contributed by atoms with Crippen molar-refractivity contribution >= 4 is 11.9 Å². The van der Waals surface area contributed by atoms with Crippen molar-refractivity contribution < 1.29 is 19.1 Å². The maximum Gasteiger partial charge on any atom is 0.338 e. The average Bonchev–Trinajstić information content (AvgIpc) is 2.61. The Balaban J connectivity index is 1.85. The normalized spacial score (nSPS) is 11.6. The van der Waals surface area contributed by atoms with Gasteiger partial charge in [0.05, 0.1) is 18.2 Å². The van der Waals surface area contributed by atoms with Crippen LogP contribution in [0.15, 0.2) is 54.6 Å². The molecule has 0 radical (unpaired) electrons. The molecule has 1 N–H and O–H groups in total. The zero-order chi connectivity index (χ0) is 17.4. The summed E-state index contributed by atoms with van der Waals surface area (Å²) in [4.78, 5) is 23.9. The van der Waals surface area contributed by atoms with Crippen LogP contribution in [0.25, 0.3) is 0 Å². The third kappa shape index (κ3) is 5.21. The fourth-order valence-electron chi connectivity index (χ4n) is 2.28. The first-order chi connectivity index (χ1) is 11.6. The van der Waals surface area contributed by atoms with Gasteiger partial charge in [0.25, 0.3) is 5.91 Å². The fraction of sp³-hybridized carbons (Fsp3) is 0.263. The van der Waals surface area contributed by atoms with Crippen LogP contribution in [0.4, 0.5) is 0 Å². The van der Waals surface area contributed by atoms with Crippen LogP contribution in [-0.4, -0.2) is 25.6 Å². The molecule has 0 aliphatic heterocycles. The largest absolute Gasteiger partial charge is 0.452 e. The molecule has 2 rings (SSSR count). The Labute approximate surface area is 141 Å². The van der Waals surface area contributed by atoms with Gasteiger partial charge < -0.3 is 14.8 Å². The second-order valence-electron chi connectivity index (χ2n) is 5.41. The number of methoxy groups -OCH3 is 1. The molecule has 0 aliphatic carbocycles. The zero-order valence-corrected chi connectivity index (χ0v) is 13.8. The van der Waals surface area contributed by atoms with Crippen LogP contribution in [0.2, 0.25) is 0 Å². The van der Waals surface area contributed by atoms with E-state index in [0.717, 1.165) is 11.1 Å². The number of carbonyl (C=O) groups is 2. The SMILES string of the molecule is COCc1cccc(C(=O)OCC(=O)N[C@@H](C)c2ccccc2)c1. The minimum atomic E-state index is -0.532. The molecule has 2 aromatic carbocycles. The third-order valence-electron chi connectivity index (χ3n) is 3.49. The number of esters is 1. The van der Waals surface area contributed by atoms with Gasteiger partial charge in [-0.25, -0.2) is 4.79 Å². The zero-order valence-electron chi connectivity index (χ0n) is 13.8. The molecule has 1 atom stereocenters. The predicted molar refractivity (Wildman–Crippen MR) is 90.4 cm³/mol. The lowest BCUT2D eigenvalue weighted by Gasteiger charge is -2.14. The number of nitrogens with one attached hydrogen (secondary N) is 1. The summed E-state index contributed by atoms with van der Waals surface area (Å²) in [6.07, 6.45) is 0. The lowest BCUT2D eigenvalue weighted by atomic mass is 10.1. The van der Waals surface area contributed by atoms with E-state index in [1.165, 1.54) is 0 Å². The van der Waals surface area contributed by atoms with Crippen molar-refractivity contribution in [2.45, 2.75) is 19.6 Å². The quantitative estimate of drug-likeness (QED) is 0.794. The number of ether oxygens (including phenoxy) is 2. The third-order valence-corrected chi connectivity index (χ3v) is 3.49. The summed E-state index contributed by atoms with van der Waals surface area (Å²) in [5.74, 6) is -0.872. The molecule has 0 fully saturated rings. The monoisotopic (exact) mass is 327 g/mol. The molecule has 0 spiro atoms. The van der Waals surface area contributed by atoms with E-state index in [2.05, 4.69) is 5.32 Å². The summed E-state index contributed by atoms with van der Waals surface area (Å²) in [6.45, 7) is 1.98. The van der Waals surface area contributed by atoms with Crippen LogP contribution in [0, 0.1) is 0 Å². The highest BCUT2D eigenvalue weighted by Crippen LogP contribution is 2.11. The molecule has 0 saturated heterocycles. The number of hydrogen-bond acceptors (Lipinski definition) is 4. The van der Waals surface area contributed by atoms with E-state index in [4.69, 9.17) is 9.47 Å². The Morgan fingerprint density at radius 3 is 2.54 bits per heavy atom. The van der Waals surface area contributed by atoms with Crippen molar-refractivity contribution in [1.29, 1.82) is 0 Å². The highest BCUT2D eigenvalue weighted by Gasteiger charge is 2.13. The molecule has 0 saturated carbocycles. The molecule has 0 heterocycles. The van der Waals surface area contributed by atoms with Gasteiger partial charge in [0.2, 0.25) is 0 Å². The van der Waals surface area contributed by atoms with Gasteiger partial charge in [-0.3, -0.25) is 4.79 Å². The summed E-state index contributed by atoms with van der Waals surface area (Å²) in [7, 11) is 1.59. The van der Waals surface area contributed by atoms with E-state index in [-0.39, 0.29) is 18.6 Å². The smallest absolute Gasteiger partial charge is 0.338 e. The highest BCUT2D eigenvalue weighted by atomic mass is 16.5. The standard InChI is InChI=1S/C19H21NO4/c1-14(16-8-4-3-5-9-16)20-18(21)13-24-19(22)17-10-6-7-15(11-17)12-23-2/h3-11,14H,12-13H2,1-2H3,(H,20,21)/t14-/m0/s1. The summed E-state index contributed by atoms with van der Waals surface area (Å²) >= 11 is 0. The predicted octanol–water partition coefficient (Wildman–Crippen LogP) is 2.87. The molecule has 126 valence electrons. The van der Waals surface area contributed by atoms with Crippen LogP contribution in [0.3, 0.4) is 0 Å². The van der Waals surface area contributed by atoms with Gasteiger partial charge in [0.1, 0.15) is 0 Å². The highest BCUT2D eigenvalue weighted by molar-refractivity contribution is 5.91. The fourth-order valence-corrected chi connectivity index (χ4v) is 2.28. The minimum Gasteiger partial charge on any atom is -0.452 e. The Bertz CT molecular complexity index is 685. The first-order valence-corrected chi connectivity index (χ1v) is 7.69. The average molecular weight is 327 g/mol. The van der Waals surface area contributed by atoms with E-state index in [9.17, 15) is 9.59 Å². The number of hydrogen-bond donors (Lipinski definition) is 1. The number of carbonyl (C=O) groups excluding carboxylic acids is 2. The Hall–Kier alpha value is -2.66. The van der Waals surface area contributed by atoms with Crippen LogP contribution >= 0.6 is 0 Å². The Kier molecular flexibility index (Phi) is 6.51. The maximum absolute atomic E-state index is 12.0. The van der Waals surface area contributed by atoms with Gasteiger partial charge in [0.15, 0.2) is 6.61 Å². The van der Waals surface area contributed by atoms with Gasteiger partial charge in [-0.05, 0) is 30.2 Å². The van der Waals surface area contributed by atoms with Crippen molar-refractivity contribution in [1.82, 2.24) is 5.32 Å². The number of amides is 1. The molecule has 2 aromatic rings. The van der Waals surface area contributed by atoms with Crippen LogP contribution in [-0.2, 0) is 20.9 Å². The van der Waals surface area contributed by atoms with E-state index in [0.29, 0.717) is 12.2 Å². The van der Waals surface area contributed by atoms with E-state index < -0.39 is 5.97 Å². The second kappa shape index (κ2) is 8.84. The second-order valence-corrected chi connectivity index (χ2v) is 5.41. The molecule has 1 amide bonds. The van der Waals surface area contributed by atoms with Crippen molar-refractivity contribution in [3.8, 4) is 0 Å². The number of benzene rings is 2. The van der Waals surface area contributed by atoms with Crippen molar-refractivity contribution in [2.75, 3.05) is 13.7 Å². The van der Waals surface area contributed by atoms with E-state index in [1.807, 2.05) is 43.3 Å². The molecule has 5 nitrogen and oxygen atoms in total. The lowest BCUT2D eigenvalue weighted by molar-refractivity contribution is -0.124. The van der Waals surface area contributed by atoms with Gasteiger partial charge in [-0.1, -0.05) is 42.5 Å². The summed E-state index contributed by atoms with van der Waals surface area (Å²) in [5.41, 5.74) is 2.26. The summed E-state index contributed by atoms with van der Waals surface area (Å²) < 4.78 is 10.1. The molecule has 5 heteroatoms. The number of rotatable bonds is 7.